The van der Waals surface area contributed by atoms with Crippen molar-refractivity contribution in [2.45, 2.75) is 0 Å². The lowest BCUT2D eigenvalue weighted by Crippen LogP contribution is -2.40. The van der Waals surface area contributed by atoms with Gasteiger partial charge >= 0.3 is 0 Å². The molecule has 0 aliphatic carbocycles. The van der Waals surface area contributed by atoms with Gasteiger partial charge in [0.25, 0.3) is 11.8 Å². The van der Waals surface area contributed by atoms with E-state index in [9.17, 15) is 9.59 Å². The van der Waals surface area contributed by atoms with Gasteiger partial charge in [-0.15, -0.1) is 0 Å². The number of carbonyl (C=O) groups is 2. The summed E-state index contributed by atoms with van der Waals surface area (Å²) in [7, 11) is 1.51. The molecule has 2 amide bonds. The molecule has 0 unspecified atom stereocenters. The Hall–Kier alpha value is -2.57. The number of ether oxygens (including phenoxy) is 2. The first-order chi connectivity index (χ1) is 12.6. The zero-order valence-electron chi connectivity index (χ0n) is 14.3. The van der Waals surface area contributed by atoms with Crippen LogP contribution in [0.4, 0.5) is 5.69 Å². The number of hydrogen-bond acceptors (Lipinski definition) is 4. The van der Waals surface area contributed by atoms with Crippen LogP contribution >= 0.6 is 11.6 Å². The van der Waals surface area contributed by atoms with Crippen molar-refractivity contribution in [2.75, 3.05) is 38.7 Å². The Kier molecular flexibility index (Phi) is 5.75. The molecule has 0 aromatic heterocycles. The fourth-order valence-electron chi connectivity index (χ4n) is 2.71. The van der Waals surface area contributed by atoms with Crippen molar-refractivity contribution >= 4 is 29.1 Å². The zero-order chi connectivity index (χ0) is 18.5. The maximum Gasteiger partial charge on any atom is 0.255 e. The van der Waals surface area contributed by atoms with Gasteiger partial charge in [0.15, 0.2) is 0 Å². The maximum absolute atomic E-state index is 12.6. The Morgan fingerprint density at radius 2 is 1.85 bits per heavy atom. The Morgan fingerprint density at radius 1 is 1.12 bits per heavy atom. The van der Waals surface area contributed by atoms with E-state index >= 15 is 0 Å². The van der Waals surface area contributed by atoms with Crippen LogP contribution in [0.3, 0.4) is 0 Å². The average molecular weight is 375 g/mol. The van der Waals surface area contributed by atoms with Crippen molar-refractivity contribution in [3.8, 4) is 5.75 Å². The van der Waals surface area contributed by atoms with Gasteiger partial charge in [0.05, 0.1) is 26.0 Å². The van der Waals surface area contributed by atoms with E-state index < -0.39 is 0 Å². The minimum Gasteiger partial charge on any atom is -0.495 e. The first-order valence-electron chi connectivity index (χ1n) is 8.20. The Bertz CT molecular complexity index is 819. The van der Waals surface area contributed by atoms with E-state index in [1.807, 2.05) is 0 Å². The third-order valence-electron chi connectivity index (χ3n) is 4.08. The lowest BCUT2D eigenvalue weighted by atomic mass is 10.1. The van der Waals surface area contributed by atoms with Gasteiger partial charge in [0.2, 0.25) is 0 Å². The smallest absolute Gasteiger partial charge is 0.255 e. The van der Waals surface area contributed by atoms with Gasteiger partial charge in [-0.25, -0.2) is 0 Å². The molecular formula is C19H19ClN2O4. The van der Waals surface area contributed by atoms with E-state index in [1.165, 1.54) is 7.11 Å². The summed E-state index contributed by atoms with van der Waals surface area (Å²) >= 11 is 5.99. The first kappa shape index (κ1) is 18.2. The Morgan fingerprint density at radius 3 is 2.58 bits per heavy atom. The van der Waals surface area contributed by atoms with Crippen LogP contribution in [0.25, 0.3) is 0 Å². The minimum absolute atomic E-state index is 0.108. The monoisotopic (exact) mass is 374 g/mol. The molecule has 1 fully saturated rings. The topological polar surface area (TPSA) is 67.9 Å². The summed E-state index contributed by atoms with van der Waals surface area (Å²) in [6.45, 7) is 2.16. The van der Waals surface area contributed by atoms with Crippen LogP contribution in [0.1, 0.15) is 20.7 Å². The number of benzene rings is 2. The molecule has 1 N–H and O–H groups in total. The third-order valence-corrected chi connectivity index (χ3v) is 4.31. The predicted octanol–water partition coefficient (Wildman–Crippen LogP) is 3.07. The molecule has 136 valence electrons. The second-order valence-electron chi connectivity index (χ2n) is 5.78. The summed E-state index contributed by atoms with van der Waals surface area (Å²) in [5, 5.41) is 3.25. The van der Waals surface area contributed by atoms with E-state index in [0.29, 0.717) is 53.9 Å². The standard InChI is InChI=1S/C19H19ClN2O4/c1-25-17-6-5-15(20)12-16(17)21-18(23)13-3-2-4-14(11-13)19(24)22-7-9-26-10-8-22/h2-6,11-12H,7-10H2,1H3,(H,21,23). The molecular weight excluding hydrogens is 356 g/mol. The zero-order valence-corrected chi connectivity index (χ0v) is 15.1. The maximum atomic E-state index is 12.6. The van der Waals surface area contributed by atoms with Gasteiger partial charge in [0, 0.05) is 29.2 Å². The van der Waals surface area contributed by atoms with Crippen LogP contribution in [-0.2, 0) is 4.74 Å². The Balaban J connectivity index is 1.78. The normalized spacial score (nSPS) is 14.0. The number of halogens is 1. The highest BCUT2D eigenvalue weighted by Crippen LogP contribution is 2.28. The molecule has 2 aromatic carbocycles. The van der Waals surface area contributed by atoms with Crippen molar-refractivity contribution in [2.24, 2.45) is 0 Å². The van der Waals surface area contributed by atoms with Gasteiger partial charge < -0.3 is 19.7 Å². The summed E-state index contributed by atoms with van der Waals surface area (Å²) in [5.41, 5.74) is 1.32. The van der Waals surface area contributed by atoms with Crippen LogP contribution in [0.2, 0.25) is 5.02 Å². The highest BCUT2D eigenvalue weighted by atomic mass is 35.5. The van der Waals surface area contributed by atoms with E-state index in [1.54, 1.807) is 47.4 Å². The molecule has 1 saturated heterocycles. The van der Waals surface area contributed by atoms with E-state index in [-0.39, 0.29) is 11.8 Å². The largest absolute Gasteiger partial charge is 0.495 e. The quantitative estimate of drug-likeness (QED) is 0.893. The molecule has 0 saturated carbocycles. The summed E-state index contributed by atoms with van der Waals surface area (Å²) in [6.07, 6.45) is 0. The van der Waals surface area contributed by atoms with Crippen molar-refractivity contribution in [1.29, 1.82) is 0 Å². The molecule has 0 radical (unpaired) electrons. The van der Waals surface area contributed by atoms with Crippen LogP contribution in [0, 0.1) is 0 Å². The van der Waals surface area contributed by atoms with Gasteiger partial charge in [0.1, 0.15) is 5.75 Å². The average Bonchev–Trinajstić information content (AvgIpc) is 2.68. The third kappa shape index (κ3) is 4.15. The highest BCUT2D eigenvalue weighted by Gasteiger charge is 2.19. The van der Waals surface area contributed by atoms with Crippen molar-refractivity contribution in [3.05, 3.63) is 58.6 Å². The summed E-state index contributed by atoms with van der Waals surface area (Å²) in [4.78, 5) is 26.9. The lowest BCUT2D eigenvalue weighted by molar-refractivity contribution is 0.0303. The molecule has 1 heterocycles. The Labute approximate surface area is 156 Å². The first-order valence-corrected chi connectivity index (χ1v) is 8.58. The number of rotatable bonds is 4. The molecule has 0 spiro atoms. The van der Waals surface area contributed by atoms with Crippen LogP contribution in [0.15, 0.2) is 42.5 Å². The SMILES string of the molecule is COc1ccc(Cl)cc1NC(=O)c1cccc(C(=O)N2CCOCC2)c1. The van der Waals surface area contributed by atoms with E-state index in [2.05, 4.69) is 5.32 Å². The van der Waals surface area contributed by atoms with Crippen molar-refractivity contribution in [3.63, 3.8) is 0 Å². The summed E-state index contributed by atoms with van der Waals surface area (Å²) in [5.74, 6) is 0.0498. The lowest BCUT2D eigenvalue weighted by Gasteiger charge is -2.27. The molecule has 6 nitrogen and oxygen atoms in total. The molecule has 1 aliphatic heterocycles. The van der Waals surface area contributed by atoms with Gasteiger partial charge in [-0.3, -0.25) is 9.59 Å². The molecule has 7 heteroatoms. The molecule has 3 rings (SSSR count). The number of carbonyl (C=O) groups excluding carboxylic acids is 2. The van der Waals surface area contributed by atoms with E-state index in [4.69, 9.17) is 21.1 Å². The summed E-state index contributed by atoms with van der Waals surface area (Å²) in [6, 6.07) is 11.6. The van der Waals surface area contributed by atoms with Gasteiger partial charge in [-0.2, -0.15) is 0 Å². The molecule has 0 bridgehead atoms. The number of hydrogen-bond donors (Lipinski definition) is 1. The molecule has 1 aliphatic rings. The minimum atomic E-state index is -0.345. The number of amides is 2. The number of anilines is 1. The van der Waals surface area contributed by atoms with Crippen LogP contribution in [0.5, 0.6) is 5.75 Å². The van der Waals surface area contributed by atoms with Gasteiger partial charge in [-0.05, 0) is 36.4 Å². The summed E-state index contributed by atoms with van der Waals surface area (Å²) < 4.78 is 10.5. The van der Waals surface area contributed by atoms with E-state index in [0.717, 1.165) is 0 Å². The highest BCUT2D eigenvalue weighted by molar-refractivity contribution is 6.31. The van der Waals surface area contributed by atoms with Crippen molar-refractivity contribution in [1.82, 2.24) is 4.90 Å². The fraction of sp³-hybridized carbons (Fsp3) is 0.263. The molecule has 0 atom stereocenters. The molecule has 26 heavy (non-hydrogen) atoms. The number of methoxy groups -OCH3 is 1. The predicted molar refractivity (Wildman–Crippen MR) is 99.1 cm³/mol. The van der Waals surface area contributed by atoms with Crippen LogP contribution in [-0.4, -0.2) is 50.1 Å². The second-order valence-corrected chi connectivity index (χ2v) is 6.22. The fourth-order valence-corrected chi connectivity index (χ4v) is 2.89. The molecule has 2 aromatic rings. The number of nitrogens with one attached hydrogen (secondary N) is 1. The van der Waals surface area contributed by atoms with Crippen molar-refractivity contribution < 1.29 is 19.1 Å². The van der Waals surface area contributed by atoms with Crippen LogP contribution < -0.4 is 10.1 Å². The second kappa shape index (κ2) is 8.21. The number of morpholine rings is 1. The number of nitrogens with zero attached hydrogens (tertiary/aromatic N) is 1. The van der Waals surface area contributed by atoms with Gasteiger partial charge in [-0.1, -0.05) is 17.7 Å².